The highest BCUT2D eigenvalue weighted by molar-refractivity contribution is 5.95. The van der Waals surface area contributed by atoms with Gasteiger partial charge in [-0.05, 0) is 0 Å². The van der Waals surface area contributed by atoms with Gasteiger partial charge in [-0.2, -0.15) is 13.2 Å². The minimum atomic E-state index is -4.97. The first kappa shape index (κ1) is 21.7. The van der Waals surface area contributed by atoms with Gasteiger partial charge in [0.1, 0.15) is 17.0 Å². The third kappa shape index (κ3) is 3.69. The number of rotatable bonds is 3. The highest BCUT2D eigenvalue weighted by Gasteiger charge is 2.70. The maximum absolute atomic E-state index is 15.2. The fourth-order valence-corrected chi connectivity index (χ4v) is 6.39. The highest BCUT2D eigenvalue weighted by atomic mass is 19.4. The first-order valence-corrected chi connectivity index (χ1v) is 10.5. The molecule has 0 unspecified atom stereocenters. The molecule has 1 amide bonds. The van der Waals surface area contributed by atoms with Crippen molar-refractivity contribution >= 4 is 11.9 Å². The number of nitrogens with zero attached hydrogens (tertiary/aromatic N) is 3. The van der Waals surface area contributed by atoms with Gasteiger partial charge in [0.05, 0.1) is 18.8 Å². The summed E-state index contributed by atoms with van der Waals surface area (Å²) in [5.41, 5.74) is -9.84. The number of ether oxygens (including phenoxy) is 1. The van der Waals surface area contributed by atoms with Gasteiger partial charge in [0.15, 0.2) is 5.69 Å². The van der Waals surface area contributed by atoms with Gasteiger partial charge in [0, 0.05) is 63.4 Å². The number of hydrogen-bond acceptors (Lipinski definition) is 5. The second-order valence-electron chi connectivity index (χ2n) is 9.78. The lowest BCUT2D eigenvalue weighted by Gasteiger charge is -2.63. The largest absolute Gasteiger partial charge is 0.434 e. The van der Waals surface area contributed by atoms with Gasteiger partial charge >= 0.3 is 6.18 Å². The number of carbonyl (C=O) groups excluding carboxylic acids is 1. The molecular weight excluding hydrogens is 442 g/mol. The molecule has 12 heteroatoms. The Morgan fingerprint density at radius 3 is 2.00 bits per heavy atom. The lowest BCUT2D eigenvalue weighted by atomic mass is 9.49. The standard InChI is InChI=1S/C20H22F6N4O2/c21-16-6-17(22)8-18(23,7-16)11-19(9-16,10-17)29-15-27-5-12(13(28-15)20(24,25)26)14(31)30-1-3-32-4-2-30/h5H,1-4,6-11H2,(H,27,28,29). The Morgan fingerprint density at radius 2 is 1.50 bits per heavy atom. The van der Waals surface area contributed by atoms with E-state index in [1.54, 1.807) is 0 Å². The minimum Gasteiger partial charge on any atom is -0.378 e. The zero-order chi connectivity index (χ0) is 23.0. The van der Waals surface area contributed by atoms with Crippen LogP contribution in [0.25, 0.3) is 0 Å². The molecule has 5 fully saturated rings. The van der Waals surface area contributed by atoms with Gasteiger partial charge in [-0.3, -0.25) is 4.79 Å². The first-order valence-electron chi connectivity index (χ1n) is 10.5. The topological polar surface area (TPSA) is 67.4 Å². The van der Waals surface area contributed by atoms with E-state index in [1.165, 1.54) is 4.90 Å². The number of morpholine rings is 1. The van der Waals surface area contributed by atoms with Crippen LogP contribution in [-0.2, 0) is 10.9 Å². The monoisotopic (exact) mass is 464 g/mol. The second kappa shape index (κ2) is 6.71. The van der Waals surface area contributed by atoms with Crippen LogP contribution in [0.1, 0.15) is 54.6 Å². The molecule has 32 heavy (non-hydrogen) atoms. The summed E-state index contributed by atoms with van der Waals surface area (Å²) in [6, 6.07) is 0. The van der Waals surface area contributed by atoms with E-state index in [1.807, 2.05) is 0 Å². The molecule has 1 aromatic rings. The van der Waals surface area contributed by atoms with Gasteiger partial charge in [0.25, 0.3) is 5.91 Å². The quantitative estimate of drug-likeness (QED) is 0.693. The molecule has 4 aliphatic carbocycles. The summed E-state index contributed by atoms with van der Waals surface area (Å²) in [4.78, 5) is 21.2. The highest BCUT2D eigenvalue weighted by Crippen LogP contribution is 2.65. The predicted molar refractivity (Wildman–Crippen MR) is 99.3 cm³/mol. The van der Waals surface area contributed by atoms with Crippen LogP contribution in [0.4, 0.5) is 32.3 Å². The van der Waals surface area contributed by atoms with Crippen molar-refractivity contribution in [2.75, 3.05) is 31.6 Å². The molecule has 0 radical (unpaired) electrons. The van der Waals surface area contributed by atoms with Crippen LogP contribution in [0.3, 0.4) is 0 Å². The van der Waals surface area contributed by atoms with Gasteiger partial charge in [-0.25, -0.2) is 23.1 Å². The zero-order valence-corrected chi connectivity index (χ0v) is 17.1. The van der Waals surface area contributed by atoms with E-state index in [9.17, 15) is 18.0 Å². The SMILES string of the molecule is O=C(c1cnc(NC23CC4(F)CC(F)(CC(F)(C4)C2)C3)nc1C(F)(F)F)N1CCOCC1. The summed E-state index contributed by atoms with van der Waals surface area (Å²) in [5.74, 6) is -1.41. The van der Waals surface area contributed by atoms with E-state index >= 15 is 13.2 Å². The molecule has 1 aromatic heterocycles. The average Bonchev–Trinajstić information content (AvgIpc) is 2.63. The van der Waals surface area contributed by atoms with Crippen molar-refractivity contribution in [2.45, 2.75) is 67.2 Å². The molecule has 6 rings (SSSR count). The van der Waals surface area contributed by atoms with E-state index in [-0.39, 0.29) is 45.6 Å². The molecule has 1 saturated heterocycles. The van der Waals surface area contributed by atoms with Crippen molar-refractivity contribution in [1.82, 2.24) is 14.9 Å². The normalized spacial score (nSPS) is 38.8. The van der Waals surface area contributed by atoms with Crippen LogP contribution in [0.15, 0.2) is 6.20 Å². The Balaban J connectivity index is 1.47. The van der Waals surface area contributed by atoms with Crippen molar-refractivity contribution < 1.29 is 35.9 Å². The third-order valence-electron chi connectivity index (χ3n) is 6.83. The molecule has 1 N–H and O–H groups in total. The molecular formula is C20H22F6N4O2. The van der Waals surface area contributed by atoms with Crippen LogP contribution in [0.5, 0.6) is 0 Å². The summed E-state index contributed by atoms with van der Waals surface area (Å²) in [6.45, 7) is 0.679. The van der Waals surface area contributed by atoms with Crippen molar-refractivity contribution in [3.8, 4) is 0 Å². The van der Waals surface area contributed by atoms with Gasteiger partial charge in [-0.1, -0.05) is 0 Å². The molecule has 4 bridgehead atoms. The lowest BCUT2D eigenvalue weighted by Crippen LogP contribution is -2.70. The number of alkyl halides is 6. The number of hydrogen-bond donors (Lipinski definition) is 1. The van der Waals surface area contributed by atoms with Gasteiger partial charge in [0.2, 0.25) is 5.95 Å². The number of anilines is 1. The predicted octanol–water partition coefficient (Wildman–Crippen LogP) is 3.62. The van der Waals surface area contributed by atoms with E-state index in [0.717, 1.165) is 6.20 Å². The van der Waals surface area contributed by atoms with E-state index in [4.69, 9.17) is 4.74 Å². The Bertz CT molecular complexity index is 897. The second-order valence-corrected chi connectivity index (χ2v) is 9.78. The fourth-order valence-electron chi connectivity index (χ4n) is 6.39. The molecule has 176 valence electrons. The van der Waals surface area contributed by atoms with Crippen LogP contribution in [-0.4, -0.2) is 69.6 Å². The van der Waals surface area contributed by atoms with Crippen molar-refractivity contribution in [3.05, 3.63) is 17.5 Å². The molecule has 1 aliphatic heterocycles. The van der Waals surface area contributed by atoms with Gasteiger partial charge < -0.3 is 15.0 Å². The van der Waals surface area contributed by atoms with Crippen molar-refractivity contribution in [2.24, 2.45) is 0 Å². The van der Waals surface area contributed by atoms with Crippen LogP contribution in [0.2, 0.25) is 0 Å². The molecule has 0 atom stereocenters. The number of aromatic nitrogens is 2. The number of halogens is 6. The summed E-state index contributed by atoms with van der Waals surface area (Å²) < 4.78 is 91.8. The smallest absolute Gasteiger partial charge is 0.378 e. The molecule has 4 saturated carbocycles. The Hall–Kier alpha value is -2.11. The van der Waals surface area contributed by atoms with Crippen LogP contribution < -0.4 is 5.32 Å². The van der Waals surface area contributed by atoms with E-state index in [2.05, 4.69) is 15.3 Å². The maximum Gasteiger partial charge on any atom is 0.434 e. The molecule has 0 aromatic carbocycles. The molecule has 5 aliphatic rings. The Labute approximate surface area is 179 Å². The van der Waals surface area contributed by atoms with Crippen LogP contribution in [0, 0.1) is 0 Å². The molecule has 6 nitrogen and oxygen atoms in total. The minimum absolute atomic E-state index is 0.134. The first-order chi connectivity index (χ1) is 14.8. The molecule has 2 heterocycles. The third-order valence-corrected chi connectivity index (χ3v) is 6.83. The number of carbonyl (C=O) groups is 1. The summed E-state index contributed by atoms with van der Waals surface area (Å²) in [7, 11) is 0. The lowest BCUT2D eigenvalue weighted by molar-refractivity contribution is -0.184. The summed E-state index contributed by atoms with van der Waals surface area (Å²) in [5, 5.41) is 2.63. The zero-order valence-electron chi connectivity index (χ0n) is 17.1. The van der Waals surface area contributed by atoms with Crippen molar-refractivity contribution in [3.63, 3.8) is 0 Å². The van der Waals surface area contributed by atoms with Crippen molar-refractivity contribution in [1.29, 1.82) is 0 Å². The van der Waals surface area contributed by atoms with E-state index in [0.29, 0.717) is 0 Å². The Morgan fingerprint density at radius 1 is 0.969 bits per heavy atom. The van der Waals surface area contributed by atoms with Crippen LogP contribution >= 0.6 is 0 Å². The van der Waals surface area contributed by atoms with Gasteiger partial charge in [-0.15, -0.1) is 0 Å². The molecule has 0 spiro atoms. The van der Waals surface area contributed by atoms with E-state index < -0.39 is 71.1 Å². The number of nitrogens with one attached hydrogen (secondary N) is 1. The summed E-state index contributed by atoms with van der Waals surface area (Å²) >= 11 is 0. The maximum atomic E-state index is 15.2. The fraction of sp³-hybridized carbons (Fsp3) is 0.750. The summed E-state index contributed by atoms with van der Waals surface area (Å²) in [6.07, 6.45) is -6.19. The average molecular weight is 464 g/mol. The Kier molecular flexibility index (Phi) is 4.55. The number of amides is 1.